The highest BCUT2D eigenvalue weighted by molar-refractivity contribution is 6.01. The normalized spacial score (nSPS) is 18.7. The van der Waals surface area contributed by atoms with Crippen molar-refractivity contribution >= 4 is 11.5 Å². The fourth-order valence-electron chi connectivity index (χ4n) is 2.97. The molecule has 0 spiro atoms. The molecule has 3 atom stereocenters. The van der Waals surface area contributed by atoms with Crippen LogP contribution in [0.3, 0.4) is 0 Å². The van der Waals surface area contributed by atoms with Crippen LogP contribution in [0.15, 0.2) is 48.5 Å². The summed E-state index contributed by atoms with van der Waals surface area (Å²) in [6.07, 6.45) is 0.145. The Kier molecular flexibility index (Phi) is 4.86. The molecule has 0 fully saturated rings. The lowest BCUT2D eigenvalue weighted by molar-refractivity contribution is 0.0945. The summed E-state index contributed by atoms with van der Waals surface area (Å²) in [7, 11) is 0. The summed E-state index contributed by atoms with van der Waals surface area (Å²) in [5.74, 6) is 0.893. The molecule has 2 N–H and O–H groups in total. The summed E-state index contributed by atoms with van der Waals surface area (Å²) in [5.41, 5.74) is 2.76. The zero-order valence-corrected chi connectivity index (χ0v) is 14.4. The molecule has 3 unspecified atom stereocenters. The summed E-state index contributed by atoms with van der Waals surface area (Å²) in [6.45, 7) is 6.76. The van der Waals surface area contributed by atoms with Crippen molar-refractivity contribution in [1.82, 2.24) is 5.32 Å². The smallest absolute Gasteiger partial charge is 0.179 e. The summed E-state index contributed by atoms with van der Waals surface area (Å²) in [6, 6.07) is 15.6. The Hall–Kier alpha value is -2.33. The van der Waals surface area contributed by atoms with Gasteiger partial charge in [-0.1, -0.05) is 30.3 Å². The van der Waals surface area contributed by atoms with E-state index in [1.165, 1.54) is 5.56 Å². The SMILES string of the molecule is CC1CNc2cc(C(=O)C(C)NC(C)c3ccccc3)ccc2O1. The lowest BCUT2D eigenvalue weighted by Crippen LogP contribution is -2.36. The predicted molar refractivity (Wildman–Crippen MR) is 96.8 cm³/mol. The number of nitrogens with one attached hydrogen (secondary N) is 2. The quantitative estimate of drug-likeness (QED) is 0.821. The maximum atomic E-state index is 12.7. The van der Waals surface area contributed by atoms with E-state index in [2.05, 4.69) is 29.7 Å². The number of hydrogen-bond donors (Lipinski definition) is 2. The number of benzene rings is 2. The van der Waals surface area contributed by atoms with E-state index in [0.717, 1.165) is 18.0 Å². The number of carbonyl (C=O) groups excluding carboxylic acids is 1. The number of anilines is 1. The Morgan fingerprint density at radius 2 is 1.96 bits per heavy atom. The first-order valence-electron chi connectivity index (χ1n) is 8.44. The highest BCUT2D eigenvalue weighted by Crippen LogP contribution is 2.30. The molecule has 0 saturated heterocycles. The summed E-state index contributed by atoms with van der Waals surface area (Å²) >= 11 is 0. The molecule has 1 aliphatic heterocycles. The Bertz CT molecular complexity index is 715. The molecule has 0 amide bonds. The standard InChI is InChI=1S/C20H24N2O2/c1-13-12-21-18-11-17(9-10-19(18)24-13)20(23)15(3)22-14(2)16-7-5-4-6-8-16/h4-11,13-15,21-22H,12H2,1-3H3. The van der Waals surface area contributed by atoms with Gasteiger partial charge in [-0.05, 0) is 44.5 Å². The Balaban J connectivity index is 1.70. The number of Topliss-reactive ketones (excluding diaryl/α,β-unsaturated/α-hetero) is 1. The Morgan fingerprint density at radius 3 is 2.71 bits per heavy atom. The minimum absolute atomic E-state index is 0.0843. The molecule has 4 heteroatoms. The number of carbonyl (C=O) groups is 1. The van der Waals surface area contributed by atoms with Gasteiger partial charge in [0.1, 0.15) is 11.9 Å². The van der Waals surface area contributed by atoms with Crippen molar-refractivity contribution in [1.29, 1.82) is 0 Å². The van der Waals surface area contributed by atoms with Crippen molar-refractivity contribution in [3.63, 3.8) is 0 Å². The van der Waals surface area contributed by atoms with E-state index < -0.39 is 0 Å². The second kappa shape index (κ2) is 7.05. The second-order valence-corrected chi connectivity index (χ2v) is 6.41. The van der Waals surface area contributed by atoms with E-state index in [1.807, 2.05) is 50.2 Å². The lowest BCUT2D eigenvalue weighted by atomic mass is 10.0. The highest BCUT2D eigenvalue weighted by atomic mass is 16.5. The van der Waals surface area contributed by atoms with Crippen molar-refractivity contribution in [2.75, 3.05) is 11.9 Å². The van der Waals surface area contributed by atoms with Gasteiger partial charge in [-0.25, -0.2) is 0 Å². The Morgan fingerprint density at radius 1 is 1.21 bits per heavy atom. The molecular weight excluding hydrogens is 300 g/mol. The van der Waals surface area contributed by atoms with Crippen molar-refractivity contribution in [2.45, 2.75) is 39.0 Å². The van der Waals surface area contributed by atoms with Crippen LogP contribution in [0, 0.1) is 0 Å². The van der Waals surface area contributed by atoms with Crippen LogP contribution in [-0.2, 0) is 0 Å². The van der Waals surface area contributed by atoms with E-state index in [-0.39, 0.29) is 24.0 Å². The van der Waals surface area contributed by atoms with E-state index in [9.17, 15) is 4.79 Å². The number of ketones is 1. The predicted octanol–water partition coefficient (Wildman–Crippen LogP) is 3.80. The van der Waals surface area contributed by atoms with Crippen LogP contribution in [-0.4, -0.2) is 24.5 Å². The van der Waals surface area contributed by atoms with Crippen molar-refractivity contribution in [2.24, 2.45) is 0 Å². The Labute approximate surface area is 143 Å². The lowest BCUT2D eigenvalue weighted by Gasteiger charge is -2.25. The molecule has 24 heavy (non-hydrogen) atoms. The van der Waals surface area contributed by atoms with Gasteiger partial charge in [0.2, 0.25) is 0 Å². The van der Waals surface area contributed by atoms with E-state index in [4.69, 9.17) is 4.74 Å². The topological polar surface area (TPSA) is 50.4 Å². The summed E-state index contributed by atoms with van der Waals surface area (Å²) < 4.78 is 5.76. The summed E-state index contributed by atoms with van der Waals surface area (Å²) in [5, 5.41) is 6.70. The molecule has 0 radical (unpaired) electrons. The number of hydrogen-bond acceptors (Lipinski definition) is 4. The van der Waals surface area contributed by atoms with Crippen molar-refractivity contribution in [3.05, 3.63) is 59.7 Å². The summed E-state index contributed by atoms with van der Waals surface area (Å²) in [4.78, 5) is 12.7. The fourth-order valence-corrected chi connectivity index (χ4v) is 2.97. The minimum Gasteiger partial charge on any atom is -0.487 e. The highest BCUT2D eigenvalue weighted by Gasteiger charge is 2.21. The monoisotopic (exact) mass is 324 g/mol. The minimum atomic E-state index is -0.262. The molecule has 1 aliphatic rings. The van der Waals surface area contributed by atoms with Gasteiger partial charge < -0.3 is 15.4 Å². The molecule has 1 heterocycles. The molecule has 2 aromatic carbocycles. The van der Waals surface area contributed by atoms with E-state index >= 15 is 0 Å². The van der Waals surface area contributed by atoms with Crippen LogP contribution in [0.2, 0.25) is 0 Å². The molecule has 3 rings (SSSR count). The first kappa shape index (κ1) is 16.5. The third-order valence-corrected chi connectivity index (χ3v) is 4.37. The van der Waals surface area contributed by atoms with Crippen molar-refractivity contribution < 1.29 is 9.53 Å². The first-order valence-corrected chi connectivity index (χ1v) is 8.44. The zero-order valence-electron chi connectivity index (χ0n) is 14.4. The van der Waals surface area contributed by atoms with Crippen LogP contribution >= 0.6 is 0 Å². The van der Waals surface area contributed by atoms with E-state index in [1.54, 1.807) is 0 Å². The first-order chi connectivity index (χ1) is 11.5. The molecular formula is C20H24N2O2. The number of fused-ring (bicyclic) bond motifs is 1. The average Bonchev–Trinajstić information content (AvgIpc) is 2.61. The molecule has 126 valence electrons. The molecule has 0 saturated carbocycles. The molecule has 0 aliphatic carbocycles. The van der Waals surface area contributed by atoms with Crippen LogP contribution in [0.4, 0.5) is 5.69 Å². The second-order valence-electron chi connectivity index (χ2n) is 6.41. The zero-order chi connectivity index (χ0) is 17.1. The van der Waals surface area contributed by atoms with Gasteiger partial charge >= 0.3 is 0 Å². The van der Waals surface area contributed by atoms with Gasteiger partial charge in [-0.3, -0.25) is 4.79 Å². The van der Waals surface area contributed by atoms with Crippen molar-refractivity contribution in [3.8, 4) is 5.75 Å². The maximum Gasteiger partial charge on any atom is 0.179 e. The molecule has 2 aromatic rings. The van der Waals surface area contributed by atoms with Gasteiger partial charge in [-0.15, -0.1) is 0 Å². The van der Waals surface area contributed by atoms with Gasteiger partial charge in [0.05, 0.1) is 18.3 Å². The molecule has 0 aromatic heterocycles. The van der Waals surface area contributed by atoms with Gasteiger partial charge in [0.25, 0.3) is 0 Å². The molecule has 4 nitrogen and oxygen atoms in total. The van der Waals surface area contributed by atoms with Crippen LogP contribution in [0.5, 0.6) is 5.75 Å². The van der Waals surface area contributed by atoms with Crippen LogP contribution < -0.4 is 15.4 Å². The fraction of sp³-hybridized carbons (Fsp3) is 0.350. The van der Waals surface area contributed by atoms with Gasteiger partial charge in [-0.2, -0.15) is 0 Å². The van der Waals surface area contributed by atoms with Gasteiger partial charge in [0, 0.05) is 11.6 Å². The third kappa shape index (κ3) is 3.60. The molecule has 0 bridgehead atoms. The van der Waals surface area contributed by atoms with E-state index in [0.29, 0.717) is 5.56 Å². The van der Waals surface area contributed by atoms with Crippen LogP contribution in [0.1, 0.15) is 42.7 Å². The largest absolute Gasteiger partial charge is 0.487 e. The van der Waals surface area contributed by atoms with Crippen LogP contribution in [0.25, 0.3) is 0 Å². The average molecular weight is 324 g/mol. The third-order valence-electron chi connectivity index (χ3n) is 4.37. The van der Waals surface area contributed by atoms with Gasteiger partial charge in [0.15, 0.2) is 5.78 Å². The number of ether oxygens (including phenoxy) is 1. The number of rotatable bonds is 5. The maximum absolute atomic E-state index is 12.7.